The predicted octanol–water partition coefficient (Wildman–Crippen LogP) is 4.14. The number of anilines is 1. The van der Waals surface area contributed by atoms with Crippen LogP contribution in [0.1, 0.15) is 17.3 Å². The van der Waals surface area contributed by atoms with Crippen molar-refractivity contribution >= 4 is 56.4 Å². The first-order chi connectivity index (χ1) is 12.4. The number of ketones is 1. The number of thiazole rings is 1. The van der Waals surface area contributed by atoms with E-state index < -0.39 is 4.92 Å². The molecular formula is C17H13N3O4S2. The van der Waals surface area contributed by atoms with Crippen molar-refractivity contribution in [1.29, 1.82) is 0 Å². The van der Waals surface area contributed by atoms with Crippen molar-refractivity contribution in [2.75, 3.05) is 11.1 Å². The fourth-order valence-corrected chi connectivity index (χ4v) is 4.23. The molecule has 1 amide bonds. The topological polar surface area (TPSA) is 102 Å². The Hall–Kier alpha value is -2.78. The van der Waals surface area contributed by atoms with Gasteiger partial charge in [-0.1, -0.05) is 11.8 Å². The van der Waals surface area contributed by atoms with Crippen LogP contribution in [-0.2, 0) is 4.79 Å². The number of fused-ring (bicyclic) bond motifs is 1. The molecule has 0 fully saturated rings. The van der Waals surface area contributed by atoms with Crippen LogP contribution < -0.4 is 5.32 Å². The fourth-order valence-electron chi connectivity index (χ4n) is 2.23. The highest BCUT2D eigenvalue weighted by atomic mass is 32.2. The van der Waals surface area contributed by atoms with E-state index >= 15 is 0 Å². The average Bonchev–Trinajstić information content (AvgIpc) is 3.01. The van der Waals surface area contributed by atoms with Crippen molar-refractivity contribution in [2.45, 2.75) is 11.3 Å². The summed E-state index contributed by atoms with van der Waals surface area (Å²) in [6, 6.07) is 11.0. The Kier molecular flexibility index (Phi) is 5.29. The number of hydrogen-bond donors (Lipinski definition) is 1. The number of aromatic nitrogens is 1. The maximum atomic E-state index is 12.2. The number of non-ortho nitro benzene ring substituents is 1. The van der Waals surface area contributed by atoms with Gasteiger partial charge in [0.25, 0.3) is 5.69 Å². The summed E-state index contributed by atoms with van der Waals surface area (Å²) in [4.78, 5) is 38.0. The number of amides is 1. The van der Waals surface area contributed by atoms with Gasteiger partial charge in [-0.2, -0.15) is 0 Å². The van der Waals surface area contributed by atoms with Gasteiger partial charge in [0.05, 0.1) is 20.9 Å². The number of nitro groups is 1. The average molecular weight is 387 g/mol. The van der Waals surface area contributed by atoms with Crippen molar-refractivity contribution in [3.05, 3.63) is 58.1 Å². The minimum absolute atomic E-state index is 0.0460. The third-order valence-electron chi connectivity index (χ3n) is 3.42. The van der Waals surface area contributed by atoms with Crippen LogP contribution in [0.25, 0.3) is 10.2 Å². The first-order valence-electron chi connectivity index (χ1n) is 7.51. The molecule has 0 atom stereocenters. The molecule has 1 N–H and O–H groups in total. The van der Waals surface area contributed by atoms with Crippen molar-refractivity contribution in [3.63, 3.8) is 0 Å². The summed E-state index contributed by atoms with van der Waals surface area (Å²) in [7, 11) is 0. The summed E-state index contributed by atoms with van der Waals surface area (Å²) in [6.07, 6.45) is 0. The normalized spacial score (nSPS) is 10.7. The van der Waals surface area contributed by atoms with Gasteiger partial charge < -0.3 is 5.32 Å². The molecule has 0 aliphatic carbocycles. The fraction of sp³-hybridized carbons (Fsp3) is 0.118. The molecule has 0 spiro atoms. The number of rotatable bonds is 6. The molecule has 3 aromatic rings. The zero-order chi connectivity index (χ0) is 18.7. The Labute approximate surface area is 156 Å². The molecule has 2 aromatic carbocycles. The maximum Gasteiger partial charge on any atom is 0.269 e. The van der Waals surface area contributed by atoms with Crippen LogP contribution in [0.3, 0.4) is 0 Å². The van der Waals surface area contributed by atoms with Crippen LogP contribution in [0, 0.1) is 10.1 Å². The summed E-state index contributed by atoms with van der Waals surface area (Å²) >= 11 is 2.76. The molecule has 7 nitrogen and oxygen atoms in total. The van der Waals surface area contributed by atoms with Crippen LogP contribution in [0.4, 0.5) is 11.4 Å². The lowest BCUT2D eigenvalue weighted by Gasteiger charge is -1.99. The molecule has 0 bridgehead atoms. The zero-order valence-electron chi connectivity index (χ0n) is 13.6. The third kappa shape index (κ3) is 4.24. The predicted molar refractivity (Wildman–Crippen MR) is 102 cm³/mol. The minimum Gasteiger partial charge on any atom is -0.326 e. The third-order valence-corrected chi connectivity index (χ3v) is 5.58. The van der Waals surface area contributed by atoms with Crippen LogP contribution >= 0.6 is 23.1 Å². The molecule has 0 saturated heterocycles. The van der Waals surface area contributed by atoms with Gasteiger partial charge in [0.15, 0.2) is 10.1 Å². The van der Waals surface area contributed by atoms with Gasteiger partial charge in [0, 0.05) is 30.3 Å². The van der Waals surface area contributed by atoms with Gasteiger partial charge in [-0.25, -0.2) is 4.98 Å². The number of hydrogen-bond acceptors (Lipinski definition) is 7. The van der Waals surface area contributed by atoms with E-state index in [-0.39, 0.29) is 23.1 Å². The van der Waals surface area contributed by atoms with Crippen LogP contribution in [-0.4, -0.2) is 27.4 Å². The maximum absolute atomic E-state index is 12.2. The number of carbonyl (C=O) groups excluding carboxylic acids is 2. The van der Waals surface area contributed by atoms with Gasteiger partial charge in [0.2, 0.25) is 5.91 Å². The highest BCUT2D eigenvalue weighted by Crippen LogP contribution is 2.31. The second kappa shape index (κ2) is 7.63. The highest BCUT2D eigenvalue weighted by molar-refractivity contribution is 8.01. The summed E-state index contributed by atoms with van der Waals surface area (Å²) in [5.74, 6) is -0.0730. The Morgan fingerprint density at radius 2 is 1.96 bits per heavy atom. The molecule has 0 aliphatic heterocycles. The van der Waals surface area contributed by atoms with Gasteiger partial charge in [-0.3, -0.25) is 19.7 Å². The number of thioether (sulfide) groups is 1. The van der Waals surface area contributed by atoms with E-state index in [0.29, 0.717) is 11.3 Å². The number of Topliss-reactive ketones (excluding diaryl/α,β-unsaturated/α-hetero) is 1. The molecule has 26 heavy (non-hydrogen) atoms. The summed E-state index contributed by atoms with van der Waals surface area (Å²) in [5.41, 5.74) is 1.88. The number of nitrogens with one attached hydrogen (secondary N) is 1. The SMILES string of the molecule is CC(=O)Nc1ccc2nc(SCC(=O)c3ccc([N+](=O)[O-])cc3)sc2c1. The molecular weight excluding hydrogens is 374 g/mol. The quantitative estimate of drug-likeness (QED) is 0.295. The lowest BCUT2D eigenvalue weighted by atomic mass is 10.1. The van der Waals surface area contributed by atoms with Gasteiger partial charge in [-0.05, 0) is 30.3 Å². The van der Waals surface area contributed by atoms with E-state index in [1.54, 1.807) is 6.07 Å². The standard InChI is InChI=1S/C17H13N3O4S2/c1-10(21)18-12-4-7-14-16(8-12)26-17(19-14)25-9-15(22)11-2-5-13(6-3-11)20(23)24/h2-8H,9H2,1H3,(H,18,21). The molecule has 132 valence electrons. The molecule has 3 rings (SSSR count). The first-order valence-corrected chi connectivity index (χ1v) is 9.31. The summed E-state index contributed by atoms with van der Waals surface area (Å²) in [6.45, 7) is 1.45. The van der Waals surface area contributed by atoms with Crippen LogP contribution in [0.15, 0.2) is 46.8 Å². The van der Waals surface area contributed by atoms with E-state index in [9.17, 15) is 19.7 Å². The molecule has 1 aromatic heterocycles. The summed E-state index contributed by atoms with van der Waals surface area (Å²) in [5, 5.41) is 13.4. The molecule has 0 unspecified atom stereocenters. The Morgan fingerprint density at radius 3 is 2.62 bits per heavy atom. The van der Waals surface area contributed by atoms with E-state index in [1.807, 2.05) is 12.1 Å². The minimum atomic E-state index is -0.501. The zero-order valence-corrected chi connectivity index (χ0v) is 15.2. The van der Waals surface area contributed by atoms with E-state index in [2.05, 4.69) is 10.3 Å². The molecule has 0 saturated carbocycles. The molecule has 9 heteroatoms. The van der Waals surface area contributed by atoms with E-state index in [0.717, 1.165) is 14.6 Å². The van der Waals surface area contributed by atoms with Crippen molar-refractivity contribution in [3.8, 4) is 0 Å². The number of carbonyl (C=O) groups is 2. The Bertz CT molecular complexity index is 999. The van der Waals surface area contributed by atoms with Gasteiger partial charge >= 0.3 is 0 Å². The van der Waals surface area contributed by atoms with Crippen LogP contribution in [0.5, 0.6) is 0 Å². The monoisotopic (exact) mass is 387 g/mol. The summed E-state index contributed by atoms with van der Waals surface area (Å²) < 4.78 is 1.66. The van der Waals surface area contributed by atoms with E-state index in [1.165, 1.54) is 54.3 Å². The first kappa shape index (κ1) is 18.0. The Balaban J connectivity index is 1.67. The van der Waals surface area contributed by atoms with Crippen LogP contribution in [0.2, 0.25) is 0 Å². The van der Waals surface area contributed by atoms with Crippen molar-refractivity contribution < 1.29 is 14.5 Å². The number of nitrogens with zero attached hydrogens (tertiary/aromatic N) is 2. The second-order valence-corrected chi connectivity index (χ2v) is 7.61. The lowest BCUT2D eigenvalue weighted by Crippen LogP contribution is -2.05. The molecule has 1 heterocycles. The number of benzene rings is 2. The second-order valence-electron chi connectivity index (χ2n) is 5.36. The highest BCUT2D eigenvalue weighted by Gasteiger charge is 2.12. The molecule has 0 aliphatic rings. The van der Waals surface area contributed by atoms with Gasteiger partial charge in [0.1, 0.15) is 0 Å². The smallest absolute Gasteiger partial charge is 0.269 e. The Morgan fingerprint density at radius 1 is 1.23 bits per heavy atom. The van der Waals surface area contributed by atoms with Crippen molar-refractivity contribution in [1.82, 2.24) is 4.98 Å². The lowest BCUT2D eigenvalue weighted by molar-refractivity contribution is -0.384. The van der Waals surface area contributed by atoms with Crippen molar-refractivity contribution in [2.24, 2.45) is 0 Å². The van der Waals surface area contributed by atoms with E-state index in [4.69, 9.17) is 0 Å². The number of nitro benzene ring substituents is 1. The van der Waals surface area contributed by atoms with Gasteiger partial charge in [-0.15, -0.1) is 11.3 Å². The molecule has 0 radical (unpaired) electrons. The largest absolute Gasteiger partial charge is 0.326 e.